The van der Waals surface area contributed by atoms with E-state index in [9.17, 15) is 4.39 Å². The van der Waals surface area contributed by atoms with Gasteiger partial charge in [0, 0.05) is 22.1 Å². The van der Waals surface area contributed by atoms with Crippen LogP contribution in [0.15, 0.2) is 47.6 Å². The van der Waals surface area contributed by atoms with Crippen molar-refractivity contribution in [3.05, 3.63) is 70.0 Å². The van der Waals surface area contributed by atoms with E-state index in [0.29, 0.717) is 11.3 Å². The Balaban J connectivity index is 2.08. The molecule has 0 aliphatic carbocycles. The lowest BCUT2D eigenvalue weighted by Gasteiger charge is -2.09. The molecule has 3 N–H and O–H groups in total. The van der Waals surface area contributed by atoms with Gasteiger partial charge in [0.05, 0.1) is 0 Å². The number of nitrogens with zero attached hydrogens (tertiary/aromatic N) is 1. The first-order valence-corrected chi connectivity index (χ1v) is 7.72. The van der Waals surface area contributed by atoms with Crippen LogP contribution in [0.5, 0.6) is 0 Å². The summed E-state index contributed by atoms with van der Waals surface area (Å²) in [6, 6.07) is 11.9. The number of rotatable bonds is 5. The lowest BCUT2D eigenvalue weighted by atomic mass is 10.1. The van der Waals surface area contributed by atoms with Crippen molar-refractivity contribution >= 4 is 29.2 Å². The van der Waals surface area contributed by atoms with Gasteiger partial charge in [0.2, 0.25) is 0 Å². The highest BCUT2D eigenvalue weighted by molar-refractivity contribution is 7.97. The third-order valence-electron chi connectivity index (χ3n) is 2.93. The lowest BCUT2D eigenvalue weighted by Crippen LogP contribution is -2.15. The Hall–Kier alpha value is -1.72. The number of oxime groups is 1. The fourth-order valence-electron chi connectivity index (χ4n) is 1.85. The van der Waals surface area contributed by atoms with E-state index in [4.69, 9.17) is 22.5 Å². The molecule has 0 radical (unpaired) electrons. The second-order valence-electron chi connectivity index (χ2n) is 4.37. The van der Waals surface area contributed by atoms with Crippen molar-refractivity contribution in [2.45, 2.75) is 11.5 Å². The van der Waals surface area contributed by atoms with E-state index in [0.717, 1.165) is 21.9 Å². The molecule has 0 spiro atoms. The average molecular weight is 325 g/mol. The Bertz CT molecular complexity index is 664. The maximum absolute atomic E-state index is 13.3. The van der Waals surface area contributed by atoms with Crippen molar-refractivity contribution in [1.82, 2.24) is 0 Å². The van der Waals surface area contributed by atoms with E-state index in [2.05, 4.69) is 5.16 Å². The summed E-state index contributed by atoms with van der Waals surface area (Å²) >= 11 is 7.72. The molecule has 110 valence electrons. The summed E-state index contributed by atoms with van der Waals surface area (Å²) in [5.41, 5.74) is 7.83. The molecule has 21 heavy (non-hydrogen) atoms. The zero-order chi connectivity index (χ0) is 15.2. The number of hydrogen-bond acceptors (Lipinski definition) is 3. The molecule has 6 heteroatoms. The van der Waals surface area contributed by atoms with Crippen LogP contribution in [0.1, 0.15) is 16.7 Å². The van der Waals surface area contributed by atoms with E-state index >= 15 is 0 Å². The zero-order valence-electron chi connectivity index (χ0n) is 11.1. The average Bonchev–Trinajstić information content (AvgIpc) is 2.49. The number of amidine groups is 1. The number of thioether (sulfide) groups is 1. The van der Waals surface area contributed by atoms with Crippen LogP contribution >= 0.6 is 23.4 Å². The highest BCUT2D eigenvalue weighted by atomic mass is 35.5. The minimum atomic E-state index is -0.420. The highest BCUT2D eigenvalue weighted by Crippen LogP contribution is 2.24. The normalized spacial score (nSPS) is 11.6. The molecule has 2 aromatic carbocycles. The molecule has 0 aliphatic heterocycles. The van der Waals surface area contributed by atoms with Gasteiger partial charge < -0.3 is 10.9 Å². The first-order valence-electron chi connectivity index (χ1n) is 6.19. The largest absolute Gasteiger partial charge is 0.409 e. The first-order chi connectivity index (χ1) is 10.1. The topological polar surface area (TPSA) is 58.6 Å². The van der Waals surface area contributed by atoms with Crippen LogP contribution < -0.4 is 5.73 Å². The molecule has 2 rings (SSSR count). The van der Waals surface area contributed by atoms with E-state index in [-0.39, 0.29) is 5.84 Å². The molecule has 0 unspecified atom stereocenters. The van der Waals surface area contributed by atoms with Crippen molar-refractivity contribution in [2.75, 3.05) is 0 Å². The lowest BCUT2D eigenvalue weighted by molar-refractivity contribution is 0.318. The molecule has 0 aliphatic rings. The first kappa shape index (κ1) is 15.7. The fraction of sp³-hybridized carbons (Fsp3) is 0.133. The van der Waals surface area contributed by atoms with Crippen molar-refractivity contribution in [3.63, 3.8) is 0 Å². The number of benzene rings is 2. The standard InChI is InChI=1S/C15H14ClFN2OS/c16-14-4-2-1-3-11(14)9-21-8-10-5-6-12(17)7-13(10)15(18)19-20/h1-7,20H,8-9H2,(H2,18,19). The van der Waals surface area contributed by atoms with Gasteiger partial charge in [-0.25, -0.2) is 4.39 Å². The molecule has 0 amide bonds. The Kier molecular flexibility index (Phi) is 5.47. The van der Waals surface area contributed by atoms with Crippen LogP contribution in [0.3, 0.4) is 0 Å². The third-order valence-corrected chi connectivity index (χ3v) is 4.33. The Morgan fingerprint density at radius 1 is 1.19 bits per heavy atom. The summed E-state index contributed by atoms with van der Waals surface area (Å²) < 4.78 is 13.3. The van der Waals surface area contributed by atoms with Crippen LogP contribution in [0, 0.1) is 5.82 Å². The van der Waals surface area contributed by atoms with Gasteiger partial charge >= 0.3 is 0 Å². The third kappa shape index (κ3) is 4.12. The van der Waals surface area contributed by atoms with Gasteiger partial charge in [0.15, 0.2) is 5.84 Å². The number of nitrogens with two attached hydrogens (primary N) is 1. The van der Waals surface area contributed by atoms with E-state index in [1.54, 1.807) is 17.8 Å². The van der Waals surface area contributed by atoms with E-state index in [1.807, 2.05) is 24.3 Å². The molecule has 0 saturated heterocycles. The van der Waals surface area contributed by atoms with Gasteiger partial charge in [-0.1, -0.05) is 41.0 Å². The Morgan fingerprint density at radius 3 is 2.62 bits per heavy atom. The molecule has 0 saturated carbocycles. The molecule has 2 aromatic rings. The van der Waals surface area contributed by atoms with Gasteiger partial charge in [-0.3, -0.25) is 0 Å². The molecule has 0 aromatic heterocycles. The van der Waals surface area contributed by atoms with Gasteiger partial charge in [-0.2, -0.15) is 11.8 Å². The van der Waals surface area contributed by atoms with Gasteiger partial charge in [-0.15, -0.1) is 0 Å². The Morgan fingerprint density at radius 2 is 1.90 bits per heavy atom. The predicted molar refractivity (Wildman–Crippen MR) is 85.4 cm³/mol. The van der Waals surface area contributed by atoms with E-state index < -0.39 is 5.82 Å². The summed E-state index contributed by atoms with van der Waals surface area (Å²) in [4.78, 5) is 0. The minimum Gasteiger partial charge on any atom is -0.409 e. The highest BCUT2D eigenvalue weighted by Gasteiger charge is 2.09. The smallest absolute Gasteiger partial charge is 0.170 e. The molecular weight excluding hydrogens is 311 g/mol. The van der Waals surface area contributed by atoms with Gasteiger partial charge in [0.1, 0.15) is 5.82 Å². The summed E-state index contributed by atoms with van der Waals surface area (Å²) in [5, 5.41) is 12.4. The van der Waals surface area contributed by atoms with Crippen molar-refractivity contribution in [2.24, 2.45) is 10.9 Å². The quantitative estimate of drug-likeness (QED) is 0.378. The van der Waals surface area contributed by atoms with Crippen LogP contribution in [-0.2, 0) is 11.5 Å². The molecule has 0 atom stereocenters. The molecular formula is C15H14ClFN2OS. The fourth-order valence-corrected chi connectivity index (χ4v) is 3.18. The molecule has 0 bridgehead atoms. The van der Waals surface area contributed by atoms with Crippen molar-refractivity contribution in [1.29, 1.82) is 0 Å². The van der Waals surface area contributed by atoms with Crippen molar-refractivity contribution < 1.29 is 9.60 Å². The summed E-state index contributed by atoms with van der Waals surface area (Å²) in [5.74, 6) is 0.822. The maximum Gasteiger partial charge on any atom is 0.170 e. The zero-order valence-corrected chi connectivity index (χ0v) is 12.7. The van der Waals surface area contributed by atoms with Crippen LogP contribution in [0.2, 0.25) is 5.02 Å². The number of hydrogen-bond donors (Lipinski definition) is 2. The minimum absolute atomic E-state index is 0.0946. The van der Waals surface area contributed by atoms with E-state index in [1.165, 1.54) is 12.1 Å². The Labute approximate surface area is 131 Å². The van der Waals surface area contributed by atoms with Gasteiger partial charge in [0.25, 0.3) is 0 Å². The molecule has 3 nitrogen and oxygen atoms in total. The second kappa shape index (κ2) is 7.33. The SMILES string of the molecule is N/C(=N/O)c1cc(F)ccc1CSCc1ccccc1Cl. The monoisotopic (exact) mass is 324 g/mol. The summed E-state index contributed by atoms with van der Waals surface area (Å²) in [6.45, 7) is 0. The van der Waals surface area contributed by atoms with Crippen LogP contribution in [0.4, 0.5) is 4.39 Å². The molecule has 0 heterocycles. The predicted octanol–water partition coefficient (Wildman–Crippen LogP) is 4.01. The van der Waals surface area contributed by atoms with Crippen molar-refractivity contribution in [3.8, 4) is 0 Å². The maximum atomic E-state index is 13.3. The molecule has 0 fully saturated rings. The summed E-state index contributed by atoms with van der Waals surface area (Å²) in [6.07, 6.45) is 0. The summed E-state index contributed by atoms with van der Waals surface area (Å²) in [7, 11) is 0. The van der Waals surface area contributed by atoms with Gasteiger partial charge in [-0.05, 0) is 29.3 Å². The number of halogens is 2. The van der Waals surface area contributed by atoms with Crippen LogP contribution in [0.25, 0.3) is 0 Å². The van der Waals surface area contributed by atoms with Crippen LogP contribution in [-0.4, -0.2) is 11.0 Å². The second-order valence-corrected chi connectivity index (χ2v) is 5.76.